The summed E-state index contributed by atoms with van der Waals surface area (Å²) in [5.74, 6) is 0.544. The van der Waals surface area contributed by atoms with Crippen LogP contribution in [0.2, 0.25) is 0 Å². The van der Waals surface area contributed by atoms with Gasteiger partial charge in [-0.3, -0.25) is 14.6 Å². The van der Waals surface area contributed by atoms with Gasteiger partial charge in [0.2, 0.25) is 5.91 Å². The number of hydrogen-bond donors (Lipinski definition) is 3. The Bertz CT molecular complexity index is 1610. The minimum Gasteiger partial charge on any atom is -0.490 e. The second-order valence-electron chi connectivity index (χ2n) is 12.3. The van der Waals surface area contributed by atoms with Crippen molar-refractivity contribution in [2.75, 3.05) is 6.61 Å². The van der Waals surface area contributed by atoms with E-state index in [-0.39, 0.29) is 36.5 Å². The average molecular weight is 570 g/mol. The van der Waals surface area contributed by atoms with Gasteiger partial charge in [0, 0.05) is 29.6 Å². The van der Waals surface area contributed by atoms with Crippen LogP contribution in [-0.4, -0.2) is 55.9 Å². The summed E-state index contributed by atoms with van der Waals surface area (Å²) in [5, 5.41) is 17.4. The van der Waals surface area contributed by atoms with Gasteiger partial charge in [-0.15, -0.1) is 0 Å². The van der Waals surface area contributed by atoms with Crippen molar-refractivity contribution in [3.05, 3.63) is 78.4 Å². The van der Waals surface area contributed by atoms with E-state index in [0.717, 1.165) is 47.9 Å². The first kappa shape index (κ1) is 27.7. The lowest BCUT2D eigenvalue weighted by Gasteiger charge is -2.57. The number of fused-ring (bicyclic) bond motifs is 1. The number of rotatable bonds is 10. The van der Waals surface area contributed by atoms with Crippen LogP contribution in [0.25, 0.3) is 16.6 Å². The predicted octanol–water partition coefficient (Wildman–Crippen LogP) is 3.69. The number of ether oxygens (including phenoxy) is 2. The molecule has 2 aliphatic rings. The van der Waals surface area contributed by atoms with Crippen molar-refractivity contribution in [2.24, 2.45) is 11.1 Å². The lowest BCUT2D eigenvalue weighted by Crippen LogP contribution is -2.59. The molecule has 6 rings (SSSR count). The number of nitrogens with one attached hydrogen (secondary N) is 1. The Balaban J connectivity index is 0.998. The molecule has 1 spiro atoms. The van der Waals surface area contributed by atoms with Crippen molar-refractivity contribution in [1.82, 2.24) is 19.9 Å². The molecule has 3 aromatic heterocycles. The molecular formula is C32H35N5O5. The van der Waals surface area contributed by atoms with Gasteiger partial charge in [-0.2, -0.15) is 5.10 Å². The summed E-state index contributed by atoms with van der Waals surface area (Å²) in [6, 6.07) is 13.1. The molecule has 0 bridgehead atoms. The number of benzene rings is 1. The van der Waals surface area contributed by atoms with Crippen LogP contribution in [0, 0.1) is 5.41 Å². The summed E-state index contributed by atoms with van der Waals surface area (Å²) in [6.45, 7) is 3.53. The van der Waals surface area contributed by atoms with Gasteiger partial charge in [0.15, 0.2) is 0 Å². The standard InChI is InChI=1S/C32H35N5O5/c1-31(2,40)19-41-24-6-8-27-22(17-35-37(27)18-24)11-29(38)36-23-12-32(13-23)14-25(15-32)42-28-10-20(5-7-26(28)30(33)39)21-4-3-9-34-16-21/h3-10,16-18,23,25,40H,11-15,19H2,1-2H3,(H2,33,39)(H,36,38). The molecule has 0 atom stereocenters. The molecule has 42 heavy (non-hydrogen) atoms. The third kappa shape index (κ3) is 5.94. The van der Waals surface area contributed by atoms with E-state index >= 15 is 0 Å². The monoisotopic (exact) mass is 569 g/mol. The number of carbonyl (C=O) groups is 2. The van der Waals surface area contributed by atoms with Crippen molar-refractivity contribution < 1.29 is 24.2 Å². The molecule has 4 N–H and O–H groups in total. The van der Waals surface area contributed by atoms with Crippen molar-refractivity contribution in [3.63, 3.8) is 0 Å². The number of pyridine rings is 2. The van der Waals surface area contributed by atoms with Gasteiger partial charge in [0.1, 0.15) is 18.1 Å². The van der Waals surface area contributed by atoms with E-state index in [4.69, 9.17) is 15.2 Å². The zero-order valence-electron chi connectivity index (χ0n) is 23.7. The maximum absolute atomic E-state index is 12.8. The molecule has 3 heterocycles. The van der Waals surface area contributed by atoms with E-state index in [1.54, 1.807) is 49.2 Å². The number of nitrogens with zero attached hydrogens (tertiary/aromatic N) is 3. The maximum Gasteiger partial charge on any atom is 0.252 e. The highest BCUT2D eigenvalue weighted by molar-refractivity contribution is 5.96. The number of aliphatic hydroxyl groups is 1. The van der Waals surface area contributed by atoms with Crippen molar-refractivity contribution in [3.8, 4) is 22.6 Å². The normalized spacial score (nSPS) is 21.4. The number of carbonyl (C=O) groups excluding carboxylic acids is 2. The fourth-order valence-corrected chi connectivity index (χ4v) is 6.08. The number of hydrogen-bond acceptors (Lipinski definition) is 7. The van der Waals surface area contributed by atoms with E-state index in [0.29, 0.717) is 17.1 Å². The fraction of sp³-hybridized carbons (Fsp3) is 0.375. The van der Waals surface area contributed by atoms with E-state index in [1.165, 1.54) is 0 Å². The van der Waals surface area contributed by atoms with E-state index in [2.05, 4.69) is 15.4 Å². The third-order valence-corrected chi connectivity index (χ3v) is 8.09. The van der Waals surface area contributed by atoms with Crippen LogP contribution >= 0.6 is 0 Å². The Kier molecular flexibility index (Phi) is 7.10. The molecular weight excluding hydrogens is 534 g/mol. The first-order valence-corrected chi connectivity index (χ1v) is 14.2. The lowest BCUT2D eigenvalue weighted by molar-refractivity contribution is -0.126. The highest BCUT2D eigenvalue weighted by atomic mass is 16.5. The zero-order valence-corrected chi connectivity index (χ0v) is 23.7. The topological polar surface area (TPSA) is 141 Å². The van der Waals surface area contributed by atoms with Crippen LogP contribution in [0.15, 0.2) is 67.3 Å². The highest BCUT2D eigenvalue weighted by Crippen LogP contribution is 2.57. The third-order valence-electron chi connectivity index (χ3n) is 8.09. The molecule has 1 aromatic carbocycles. The van der Waals surface area contributed by atoms with Gasteiger partial charge >= 0.3 is 0 Å². The predicted molar refractivity (Wildman–Crippen MR) is 156 cm³/mol. The Morgan fingerprint density at radius 3 is 2.64 bits per heavy atom. The maximum atomic E-state index is 12.8. The first-order valence-electron chi connectivity index (χ1n) is 14.2. The molecule has 218 valence electrons. The molecule has 0 aliphatic heterocycles. The summed E-state index contributed by atoms with van der Waals surface area (Å²) in [4.78, 5) is 29.0. The fourth-order valence-electron chi connectivity index (χ4n) is 6.08. The molecule has 10 heteroatoms. The van der Waals surface area contributed by atoms with Crippen molar-refractivity contribution in [2.45, 2.75) is 63.7 Å². The molecule has 4 aromatic rings. The van der Waals surface area contributed by atoms with Gasteiger partial charge in [-0.05, 0) is 80.8 Å². The molecule has 0 radical (unpaired) electrons. The van der Waals surface area contributed by atoms with Crippen molar-refractivity contribution >= 4 is 17.3 Å². The summed E-state index contributed by atoms with van der Waals surface area (Å²) in [6.07, 6.45) is 10.7. The zero-order chi connectivity index (χ0) is 29.5. The van der Waals surface area contributed by atoms with Gasteiger partial charge in [-0.1, -0.05) is 12.1 Å². The summed E-state index contributed by atoms with van der Waals surface area (Å²) in [7, 11) is 0. The number of primary amides is 1. The second-order valence-corrected chi connectivity index (χ2v) is 12.3. The Morgan fingerprint density at radius 2 is 1.93 bits per heavy atom. The van der Waals surface area contributed by atoms with E-state index in [1.807, 2.05) is 36.4 Å². The van der Waals surface area contributed by atoms with Crippen LogP contribution < -0.4 is 20.5 Å². The van der Waals surface area contributed by atoms with Crippen LogP contribution in [-0.2, 0) is 11.2 Å². The molecule has 0 unspecified atom stereocenters. The molecule has 0 saturated heterocycles. The molecule has 2 saturated carbocycles. The Labute approximate surface area is 243 Å². The van der Waals surface area contributed by atoms with Crippen LogP contribution in [0.4, 0.5) is 0 Å². The summed E-state index contributed by atoms with van der Waals surface area (Å²) in [5.41, 5.74) is 8.74. The van der Waals surface area contributed by atoms with Crippen LogP contribution in [0.5, 0.6) is 11.5 Å². The highest BCUT2D eigenvalue weighted by Gasteiger charge is 2.54. The van der Waals surface area contributed by atoms with Gasteiger partial charge < -0.3 is 25.6 Å². The number of amides is 2. The van der Waals surface area contributed by atoms with Gasteiger partial charge in [0.25, 0.3) is 5.91 Å². The Hall–Kier alpha value is -4.44. The molecule has 10 nitrogen and oxygen atoms in total. The molecule has 2 aliphatic carbocycles. The first-order chi connectivity index (χ1) is 20.1. The number of nitrogens with two attached hydrogens (primary N) is 1. The van der Waals surface area contributed by atoms with E-state index in [9.17, 15) is 14.7 Å². The SMILES string of the molecule is CC(C)(O)COc1ccc2c(CC(=O)NC3CC4(C3)CC(Oc3cc(-c5cccnc5)ccc3C(N)=O)C4)cnn2c1. The summed E-state index contributed by atoms with van der Waals surface area (Å²) < 4.78 is 13.6. The average Bonchev–Trinajstić information content (AvgIpc) is 3.31. The quantitative estimate of drug-likeness (QED) is 0.265. The number of aromatic nitrogens is 3. The van der Waals surface area contributed by atoms with Gasteiger partial charge in [0.05, 0.1) is 41.6 Å². The van der Waals surface area contributed by atoms with Crippen LogP contribution in [0.3, 0.4) is 0 Å². The smallest absolute Gasteiger partial charge is 0.252 e. The Morgan fingerprint density at radius 1 is 1.12 bits per heavy atom. The largest absolute Gasteiger partial charge is 0.490 e. The minimum absolute atomic E-state index is 0.00000285. The molecule has 2 fully saturated rings. The van der Waals surface area contributed by atoms with E-state index < -0.39 is 11.5 Å². The minimum atomic E-state index is -0.934. The van der Waals surface area contributed by atoms with Gasteiger partial charge in [-0.25, -0.2) is 4.52 Å². The second kappa shape index (κ2) is 10.8. The van der Waals surface area contributed by atoms with Crippen LogP contribution in [0.1, 0.15) is 55.5 Å². The lowest BCUT2D eigenvalue weighted by atomic mass is 9.53. The molecule has 2 amide bonds. The summed E-state index contributed by atoms with van der Waals surface area (Å²) >= 11 is 0. The van der Waals surface area contributed by atoms with Crippen molar-refractivity contribution in [1.29, 1.82) is 0 Å².